The molecule has 0 atom stereocenters. The van der Waals surface area contributed by atoms with Crippen LogP contribution in [0.2, 0.25) is 63.3 Å². The van der Waals surface area contributed by atoms with E-state index in [-0.39, 0.29) is 0 Å². The number of nitrogens with zero attached hydrogens (tertiary/aromatic N) is 2. The predicted octanol–water partition coefficient (Wildman–Crippen LogP) is 13.1. The third-order valence-corrected chi connectivity index (χ3v) is 27.4. The van der Waals surface area contributed by atoms with Gasteiger partial charge in [0.2, 0.25) is 0 Å². The van der Waals surface area contributed by atoms with E-state index in [1.807, 2.05) is 0 Å². The Bertz CT molecular complexity index is 2690. The fraction of sp³-hybridized carbons (Fsp3) is 0.216. The van der Waals surface area contributed by atoms with Gasteiger partial charge in [0.05, 0.1) is 0 Å². The second-order valence-corrected chi connectivity index (χ2v) is 56.6. The van der Waals surface area contributed by atoms with Crippen LogP contribution in [-0.2, 0) is 0 Å². The van der Waals surface area contributed by atoms with E-state index in [1.165, 1.54) is 66.4 Å². The first kappa shape index (κ1) is 40.4. The Hall–Kier alpha value is -3.43. The Morgan fingerprint density at radius 3 is 1.12 bits per heavy atom. The molecule has 287 valence electrons. The number of para-hydroxylation sites is 2. The number of rotatable bonds is 10. The van der Waals surface area contributed by atoms with E-state index >= 15 is 0 Å². The predicted molar refractivity (Wildman–Crippen MR) is 266 cm³/mol. The molecule has 8 aromatic rings. The van der Waals surface area contributed by atoms with Crippen molar-refractivity contribution in [3.8, 4) is 0 Å². The van der Waals surface area contributed by atoms with Crippen LogP contribution in [0.5, 0.6) is 0 Å². The average Bonchev–Trinajstić information content (AvgIpc) is 3.17. The molecule has 0 bridgehead atoms. The first-order chi connectivity index (χ1) is 27.0. The summed E-state index contributed by atoms with van der Waals surface area (Å²) in [7, 11) is 0. The maximum atomic E-state index is 2.59. The van der Waals surface area contributed by atoms with Crippen LogP contribution in [0.4, 0.5) is 34.1 Å². The van der Waals surface area contributed by atoms with Gasteiger partial charge in [-0.3, -0.25) is 0 Å². The van der Waals surface area contributed by atoms with Crippen molar-refractivity contribution in [2.75, 3.05) is 9.80 Å². The molecule has 0 N–H and O–H groups in total. The normalized spacial score (nSPS) is 12.6. The van der Waals surface area contributed by atoms with Crippen molar-refractivity contribution in [3.63, 3.8) is 0 Å². The van der Waals surface area contributed by atoms with E-state index in [2.05, 4.69) is 219 Å². The molecule has 8 rings (SSSR count). The minimum absolute atomic E-state index is 1.20. The quantitative estimate of drug-likeness (QED) is 0.0995. The van der Waals surface area contributed by atoms with Crippen molar-refractivity contribution in [2.45, 2.75) is 63.3 Å². The van der Waals surface area contributed by atoms with Crippen LogP contribution in [0, 0.1) is 0 Å². The van der Waals surface area contributed by atoms with Crippen LogP contribution >= 0.6 is 0 Å². The van der Waals surface area contributed by atoms with Crippen molar-refractivity contribution in [2.24, 2.45) is 0 Å². The van der Waals surface area contributed by atoms with Crippen molar-refractivity contribution in [1.29, 1.82) is 0 Å². The zero-order valence-electron chi connectivity index (χ0n) is 35.8. The number of anilines is 6. The zero-order valence-corrected chi connectivity index (χ0v) is 44.1. The van der Waals surface area contributed by atoms with Crippen molar-refractivity contribution in [3.05, 3.63) is 146 Å². The van der Waals surface area contributed by atoms with Gasteiger partial charge in [-0.15, -0.1) is 0 Å². The van der Waals surface area contributed by atoms with Gasteiger partial charge in [-0.2, -0.15) is 0 Å². The summed E-state index contributed by atoms with van der Waals surface area (Å²) in [5.74, 6) is 27.8. The zero-order chi connectivity index (χ0) is 40.4. The Morgan fingerprint density at radius 1 is 0.368 bits per heavy atom. The van der Waals surface area contributed by atoms with E-state index in [0.29, 0.717) is 0 Å². The standard InChI is InChI=1S/C51H57Ge4N2/c1-52(2)38-30-39(53(3,4)5)33-44(31-38)56(42-18-14-12-15-19-42)48-28-24-36-23-27-47-49(29-25-37-22-26-46(48)50(36)51(37)47)57(43-20-16-13-17-21-43)45-34-40(54(6,7)8)32-41(35-45)55(9,10)11/h12-35H,1-11H3. The molecule has 6 heteroatoms. The van der Waals surface area contributed by atoms with Gasteiger partial charge in [-0.25, -0.2) is 0 Å². The van der Waals surface area contributed by atoms with Crippen molar-refractivity contribution < 1.29 is 0 Å². The number of hydrogen-bond acceptors (Lipinski definition) is 2. The van der Waals surface area contributed by atoms with Crippen molar-refractivity contribution >= 4 is 138 Å². The third-order valence-electron chi connectivity index (χ3n) is 11.7. The van der Waals surface area contributed by atoms with Gasteiger partial charge in [-0.05, 0) is 0 Å². The summed E-state index contributed by atoms with van der Waals surface area (Å²) in [6, 6.07) is 56.3. The molecular formula is C51H57Ge4N2. The average molecular weight is 988 g/mol. The van der Waals surface area contributed by atoms with Crippen LogP contribution in [0.3, 0.4) is 0 Å². The van der Waals surface area contributed by atoms with E-state index in [9.17, 15) is 0 Å². The summed E-state index contributed by atoms with van der Waals surface area (Å²) in [5.41, 5.74) is 7.44. The summed E-state index contributed by atoms with van der Waals surface area (Å²) < 4.78 is 6.31. The van der Waals surface area contributed by atoms with E-state index in [4.69, 9.17) is 0 Å². The second-order valence-electron chi connectivity index (χ2n) is 19.2. The summed E-state index contributed by atoms with van der Waals surface area (Å²) in [6.45, 7) is 0. The van der Waals surface area contributed by atoms with Crippen LogP contribution in [-0.4, -0.2) is 54.1 Å². The molecule has 0 aromatic heterocycles. The SMILES string of the molecule is [CH3][Ge]([CH3])[c]1cc(N(c2ccccc2)c2ccc3ccc4c(N(c5ccccc5)c5c[c]([Ge]([CH3])([CH3])[CH3])c[c]([Ge]([CH3])([CH3])[CH3])c5)ccc5ccc2c3c54)c[c]([Ge]([CH3])([CH3])[CH3])c1. The Kier molecular flexibility index (Phi) is 10.8. The van der Waals surface area contributed by atoms with E-state index in [1.54, 1.807) is 17.6 Å². The molecule has 0 heterocycles. The molecule has 0 aliphatic rings. The fourth-order valence-corrected chi connectivity index (χ4v) is 18.7. The minimum atomic E-state index is -2.20. The first-order valence-electron chi connectivity index (χ1n) is 20.5. The van der Waals surface area contributed by atoms with Gasteiger partial charge < -0.3 is 0 Å². The third kappa shape index (κ3) is 7.89. The summed E-state index contributed by atoms with van der Waals surface area (Å²) >= 11 is -7.94. The van der Waals surface area contributed by atoms with Gasteiger partial charge >= 0.3 is 357 Å². The van der Waals surface area contributed by atoms with Gasteiger partial charge in [0.1, 0.15) is 0 Å². The molecule has 0 unspecified atom stereocenters. The molecule has 0 spiro atoms. The monoisotopic (exact) mass is 993 g/mol. The number of hydrogen-bond donors (Lipinski definition) is 0. The maximum absolute atomic E-state index is 2.59. The molecule has 0 aliphatic carbocycles. The molecule has 0 amide bonds. The summed E-state index contributed by atoms with van der Waals surface area (Å²) in [4.78, 5) is 5.10. The Labute approximate surface area is 353 Å². The molecule has 0 saturated carbocycles. The van der Waals surface area contributed by atoms with Crippen LogP contribution in [0.25, 0.3) is 32.3 Å². The molecule has 0 fully saturated rings. The Balaban J connectivity index is 1.42. The van der Waals surface area contributed by atoms with Gasteiger partial charge in [0, 0.05) is 0 Å². The fourth-order valence-electron chi connectivity index (χ4n) is 8.24. The van der Waals surface area contributed by atoms with E-state index in [0.717, 1.165) is 0 Å². The molecular weight excluding hydrogens is 931 g/mol. The summed E-state index contributed by atoms with van der Waals surface area (Å²) in [6.07, 6.45) is 0. The Morgan fingerprint density at radius 2 is 0.737 bits per heavy atom. The van der Waals surface area contributed by atoms with Crippen LogP contribution in [0.1, 0.15) is 0 Å². The van der Waals surface area contributed by atoms with Crippen molar-refractivity contribution in [1.82, 2.24) is 0 Å². The molecule has 57 heavy (non-hydrogen) atoms. The van der Waals surface area contributed by atoms with Gasteiger partial charge in [0.15, 0.2) is 0 Å². The molecule has 1 radical (unpaired) electrons. The second kappa shape index (κ2) is 15.3. The molecule has 0 aliphatic heterocycles. The van der Waals surface area contributed by atoms with Crippen LogP contribution in [0.15, 0.2) is 146 Å². The summed E-state index contributed by atoms with van der Waals surface area (Å²) in [5, 5.41) is 7.82. The molecule has 0 saturated heterocycles. The topological polar surface area (TPSA) is 6.48 Å². The van der Waals surface area contributed by atoms with Gasteiger partial charge in [-0.1, -0.05) is 0 Å². The first-order valence-corrected chi connectivity index (χ1v) is 47.8. The van der Waals surface area contributed by atoms with Gasteiger partial charge in [0.25, 0.3) is 0 Å². The number of benzene rings is 8. The van der Waals surface area contributed by atoms with E-state index < -0.39 is 54.1 Å². The molecule has 8 aromatic carbocycles. The molecule has 2 nitrogen and oxygen atoms in total. The van der Waals surface area contributed by atoms with Crippen LogP contribution < -0.4 is 27.4 Å².